The van der Waals surface area contributed by atoms with Gasteiger partial charge >= 0.3 is 5.97 Å². The average molecular weight is 232 g/mol. The molecule has 0 aromatic heterocycles. The van der Waals surface area contributed by atoms with Crippen molar-refractivity contribution in [2.45, 2.75) is 13.1 Å². The standard InChI is InChI=1S/C14H13FO2/c1-2-17-14(16)13(15)12-9-5-7-10-6-3-4-8-11(10)12/h3-9,13H,2H2,1H3. The lowest BCUT2D eigenvalue weighted by Crippen LogP contribution is -2.12. The monoisotopic (exact) mass is 232 g/mol. The van der Waals surface area contributed by atoms with E-state index in [2.05, 4.69) is 0 Å². The minimum Gasteiger partial charge on any atom is -0.464 e. The first-order valence-electron chi connectivity index (χ1n) is 5.52. The molecule has 0 bridgehead atoms. The predicted octanol–water partition coefficient (Wildman–Crippen LogP) is 3.41. The predicted molar refractivity (Wildman–Crippen MR) is 64.4 cm³/mol. The van der Waals surface area contributed by atoms with Crippen LogP contribution in [0.5, 0.6) is 0 Å². The molecular weight excluding hydrogens is 219 g/mol. The third-order valence-electron chi connectivity index (χ3n) is 2.59. The first kappa shape index (κ1) is 11.6. The number of benzene rings is 2. The molecule has 17 heavy (non-hydrogen) atoms. The number of carbonyl (C=O) groups excluding carboxylic acids is 1. The fourth-order valence-corrected chi connectivity index (χ4v) is 1.81. The third kappa shape index (κ3) is 2.28. The van der Waals surface area contributed by atoms with Gasteiger partial charge in [0, 0.05) is 5.56 Å². The highest BCUT2D eigenvalue weighted by atomic mass is 19.1. The summed E-state index contributed by atoms with van der Waals surface area (Å²) in [6.07, 6.45) is -1.72. The molecule has 2 aromatic rings. The lowest BCUT2D eigenvalue weighted by molar-refractivity contribution is -0.149. The van der Waals surface area contributed by atoms with E-state index in [0.717, 1.165) is 10.8 Å². The van der Waals surface area contributed by atoms with E-state index < -0.39 is 12.1 Å². The zero-order chi connectivity index (χ0) is 12.3. The second-order valence-electron chi connectivity index (χ2n) is 3.68. The molecule has 2 rings (SSSR count). The SMILES string of the molecule is CCOC(=O)C(F)c1cccc2ccccc12. The maximum Gasteiger partial charge on any atom is 0.345 e. The van der Waals surface area contributed by atoms with Gasteiger partial charge in [-0.2, -0.15) is 0 Å². The Balaban J connectivity index is 2.44. The van der Waals surface area contributed by atoms with Crippen molar-refractivity contribution in [1.29, 1.82) is 0 Å². The third-order valence-corrected chi connectivity index (χ3v) is 2.59. The fourth-order valence-electron chi connectivity index (χ4n) is 1.81. The zero-order valence-corrected chi connectivity index (χ0v) is 9.52. The van der Waals surface area contributed by atoms with Gasteiger partial charge in [-0.05, 0) is 17.7 Å². The van der Waals surface area contributed by atoms with Crippen molar-refractivity contribution in [2.24, 2.45) is 0 Å². The topological polar surface area (TPSA) is 26.3 Å². The van der Waals surface area contributed by atoms with E-state index in [1.54, 1.807) is 25.1 Å². The van der Waals surface area contributed by atoms with Crippen LogP contribution in [0.4, 0.5) is 4.39 Å². The summed E-state index contributed by atoms with van der Waals surface area (Å²) >= 11 is 0. The second kappa shape index (κ2) is 4.95. The van der Waals surface area contributed by atoms with Crippen LogP contribution in [0.15, 0.2) is 42.5 Å². The largest absolute Gasteiger partial charge is 0.464 e. The molecule has 1 atom stereocenters. The molecule has 0 radical (unpaired) electrons. The van der Waals surface area contributed by atoms with Crippen LogP contribution in [0.3, 0.4) is 0 Å². The molecule has 0 spiro atoms. The lowest BCUT2D eigenvalue weighted by atomic mass is 10.0. The maximum atomic E-state index is 14.0. The van der Waals surface area contributed by atoms with Crippen molar-refractivity contribution in [2.75, 3.05) is 6.61 Å². The minimum absolute atomic E-state index is 0.185. The Labute approximate surface area is 99.0 Å². The minimum atomic E-state index is -1.72. The maximum absolute atomic E-state index is 14.0. The number of hydrogen-bond acceptors (Lipinski definition) is 2. The molecule has 0 aliphatic rings. The van der Waals surface area contributed by atoms with Gasteiger partial charge < -0.3 is 4.74 Å². The van der Waals surface area contributed by atoms with Crippen LogP contribution in [0.1, 0.15) is 18.7 Å². The van der Waals surface area contributed by atoms with Gasteiger partial charge in [-0.25, -0.2) is 9.18 Å². The molecule has 0 aliphatic carbocycles. The highest BCUT2D eigenvalue weighted by Crippen LogP contribution is 2.27. The molecule has 1 unspecified atom stereocenters. The van der Waals surface area contributed by atoms with Gasteiger partial charge in [0.1, 0.15) is 0 Å². The molecule has 0 saturated carbocycles. The quantitative estimate of drug-likeness (QED) is 0.758. The van der Waals surface area contributed by atoms with E-state index in [1.165, 1.54) is 0 Å². The smallest absolute Gasteiger partial charge is 0.345 e. The van der Waals surface area contributed by atoms with Gasteiger partial charge in [0.2, 0.25) is 6.17 Å². The molecule has 2 aromatic carbocycles. The van der Waals surface area contributed by atoms with Crippen molar-refractivity contribution in [1.82, 2.24) is 0 Å². The molecule has 0 saturated heterocycles. The van der Waals surface area contributed by atoms with E-state index in [-0.39, 0.29) is 6.61 Å². The fraction of sp³-hybridized carbons (Fsp3) is 0.214. The van der Waals surface area contributed by atoms with Crippen LogP contribution in [-0.4, -0.2) is 12.6 Å². The van der Waals surface area contributed by atoms with Crippen molar-refractivity contribution in [3.05, 3.63) is 48.0 Å². The number of esters is 1. The molecule has 0 heterocycles. The molecule has 0 N–H and O–H groups in total. The number of fused-ring (bicyclic) bond motifs is 1. The Bertz CT molecular complexity index is 531. The van der Waals surface area contributed by atoms with Crippen LogP contribution >= 0.6 is 0 Å². The van der Waals surface area contributed by atoms with Crippen LogP contribution in [-0.2, 0) is 9.53 Å². The van der Waals surface area contributed by atoms with E-state index in [9.17, 15) is 9.18 Å². The van der Waals surface area contributed by atoms with E-state index in [0.29, 0.717) is 5.56 Å². The Morgan fingerprint density at radius 1 is 1.24 bits per heavy atom. The summed E-state index contributed by atoms with van der Waals surface area (Å²) < 4.78 is 18.7. The van der Waals surface area contributed by atoms with Crippen LogP contribution in [0, 0.1) is 0 Å². The summed E-state index contributed by atoms with van der Waals surface area (Å²) in [6, 6.07) is 12.6. The summed E-state index contributed by atoms with van der Waals surface area (Å²) in [6.45, 7) is 1.84. The van der Waals surface area contributed by atoms with E-state index in [4.69, 9.17) is 4.74 Å². The highest BCUT2D eigenvalue weighted by molar-refractivity contribution is 5.90. The van der Waals surface area contributed by atoms with Crippen molar-refractivity contribution in [3.63, 3.8) is 0 Å². The molecular formula is C14H13FO2. The Morgan fingerprint density at radius 3 is 2.71 bits per heavy atom. The number of rotatable bonds is 3. The molecule has 2 nitrogen and oxygen atoms in total. The van der Waals surface area contributed by atoms with E-state index in [1.807, 2.05) is 24.3 Å². The summed E-state index contributed by atoms with van der Waals surface area (Å²) in [5.74, 6) is -0.830. The van der Waals surface area contributed by atoms with E-state index >= 15 is 0 Å². The van der Waals surface area contributed by atoms with Crippen molar-refractivity contribution < 1.29 is 13.9 Å². The lowest BCUT2D eigenvalue weighted by Gasteiger charge is -2.10. The average Bonchev–Trinajstić information content (AvgIpc) is 2.37. The molecule has 88 valence electrons. The molecule has 0 aliphatic heterocycles. The summed E-state index contributed by atoms with van der Waals surface area (Å²) in [7, 11) is 0. The van der Waals surface area contributed by atoms with Gasteiger partial charge in [-0.3, -0.25) is 0 Å². The van der Waals surface area contributed by atoms with Crippen LogP contribution < -0.4 is 0 Å². The van der Waals surface area contributed by atoms with Gasteiger partial charge in [-0.15, -0.1) is 0 Å². The normalized spacial score (nSPS) is 12.4. The second-order valence-corrected chi connectivity index (χ2v) is 3.68. The Kier molecular flexibility index (Phi) is 3.38. The number of alkyl halides is 1. The number of halogens is 1. The Morgan fingerprint density at radius 2 is 1.94 bits per heavy atom. The van der Waals surface area contributed by atoms with Gasteiger partial charge in [0.25, 0.3) is 0 Å². The number of ether oxygens (including phenoxy) is 1. The van der Waals surface area contributed by atoms with Gasteiger partial charge in [0.15, 0.2) is 0 Å². The summed E-state index contributed by atoms with van der Waals surface area (Å²) in [5, 5.41) is 1.66. The summed E-state index contributed by atoms with van der Waals surface area (Å²) in [4.78, 5) is 11.4. The van der Waals surface area contributed by atoms with Gasteiger partial charge in [-0.1, -0.05) is 42.5 Å². The van der Waals surface area contributed by atoms with Gasteiger partial charge in [0.05, 0.1) is 6.61 Å². The molecule has 0 amide bonds. The first-order chi connectivity index (χ1) is 8.24. The number of hydrogen-bond donors (Lipinski definition) is 0. The van der Waals surface area contributed by atoms with Crippen LogP contribution in [0.25, 0.3) is 10.8 Å². The summed E-state index contributed by atoms with van der Waals surface area (Å²) in [5.41, 5.74) is 0.363. The first-order valence-corrected chi connectivity index (χ1v) is 5.52. The van der Waals surface area contributed by atoms with Crippen LogP contribution in [0.2, 0.25) is 0 Å². The Hall–Kier alpha value is -1.90. The molecule has 0 fully saturated rings. The zero-order valence-electron chi connectivity index (χ0n) is 9.52. The van der Waals surface area contributed by atoms with Crippen molar-refractivity contribution in [3.8, 4) is 0 Å². The number of carbonyl (C=O) groups is 1. The highest BCUT2D eigenvalue weighted by Gasteiger charge is 2.22. The van der Waals surface area contributed by atoms with Crippen molar-refractivity contribution >= 4 is 16.7 Å². The molecule has 3 heteroatoms.